The number of hydrogen-bond donors (Lipinski definition) is 2. The van der Waals surface area contributed by atoms with Gasteiger partial charge in [-0.2, -0.15) is 5.10 Å². The first kappa shape index (κ1) is 13.1. The molecule has 0 aliphatic rings. The van der Waals surface area contributed by atoms with Gasteiger partial charge in [-0.15, -0.1) is 0 Å². The zero-order valence-electron chi connectivity index (χ0n) is 10.4. The summed E-state index contributed by atoms with van der Waals surface area (Å²) >= 11 is 0. The molecule has 0 saturated carbocycles. The first-order chi connectivity index (χ1) is 9.19. The zero-order valence-corrected chi connectivity index (χ0v) is 10.4. The molecule has 6 heteroatoms. The third-order valence-electron chi connectivity index (χ3n) is 2.55. The highest BCUT2D eigenvalue weighted by atomic mass is 19.1. The Balaban J connectivity index is 1.86. The van der Waals surface area contributed by atoms with Gasteiger partial charge < -0.3 is 10.1 Å². The molecule has 1 aromatic carbocycles. The molecule has 0 fully saturated rings. The number of aromatic amines is 1. The van der Waals surface area contributed by atoms with Gasteiger partial charge in [-0.05, 0) is 30.7 Å². The number of anilines is 1. The Labute approximate surface area is 109 Å². The normalized spacial score (nSPS) is 10.2. The van der Waals surface area contributed by atoms with Gasteiger partial charge >= 0.3 is 0 Å². The molecule has 2 N–H and O–H groups in total. The van der Waals surface area contributed by atoms with Crippen LogP contribution in [0.3, 0.4) is 0 Å². The van der Waals surface area contributed by atoms with Gasteiger partial charge in [0.1, 0.15) is 17.4 Å². The fourth-order valence-corrected chi connectivity index (χ4v) is 1.54. The summed E-state index contributed by atoms with van der Waals surface area (Å²) in [5, 5.41) is 9.22. The summed E-state index contributed by atoms with van der Waals surface area (Å²) in [4.78, 5) is 11.7. The van der Waals surface area contributed by atoms with Crippen LogP contribution in [0.1, 0.15) is 12.5 Å². The third-order valence-corrected chi connectivity index (χ3v) is 2.55. The van der Waals surface area contributed by atoms with Gasteiger partial charge in [0.05, 0.1) is 6.20 Å². The average Bonchev–Trinajstić information content (AvgIpc) is 2.85. The predicted octanol–water partition coefficient (Wildman–Crippen LogP) is 2.13. The maximum Gasteiger partial charge on any atom is 0.263 e. The van der Waals surface area contributed by atoms with Crippen molar-refractivity contribution in [2.45, 2.75) is 13.3 Å². The molecule has 0 unspecified atom stereocenters. The SMILES string of the molecule is CCc1cn[nH]c1NC(=O)COc1ccc(F)cc1. The minimum Gasteiger partial charge on any atom is -0.484 e. The van der Waals surface area contributed by atoms with E-state index < -0.39 is 0 Å². The molecule has 0 atom stereocenters. The predicted molar refractivity (Wildman–Crippen MR) is 68.5 cm³/mol. The molecule has 19 heavy (non-hydrogen) atoms. The van der Waals surface area contributed by atoms with Crippen molar-refractivity contribution in [3.63, 3.8) is 0 Å². The molecule has 0 bridgehead atoms. The highest BCUT2D eigenvalue weighted by Gasteiger charge is 2.08. The summed E-state index contributed by atoms with van der Waals surface area (Å²) in [5.41, 5.74) is 0.926. The van der Waals surface area contributed by atoms with Crippen LogP contribution in [-0.2, 0) is 11.2 Å². The molecule has 5 nitrogen and oxygen atoms in total. The molecule has 0 aliphatic carbocycles. The van der Waals surface area contributed by atoms with Crippen LogP contribution in [-0.4, -0.2) is 22.7 Å². The van der Waals surface area contributed by atoms with E-state index in [9.17, 15) is 9.18 Å². The quantitative estimate of drug-likeness (QED) is 0.868. The molecule has 2 aromatic rings. The minimum atomic E-state index is -0.346. The average molecular weight is 263 g/mol. The Hall–Kier alpha value is -2.37. The lowest BCUT2D eigenvalue weighted by molar-refractivity contribution is -0.118. The molecule has 1 amide bonds. The van der Waals surface area contributed by atoms with Gasteiger partial charge in [0.2, 0.25) is 0 Å². The van der Waals surface area contributed by atoms with Crippen molar-refractivity contribution in [2.24, 2.45) is 0 Å². The molecule has 0 saturated heterocycles. The highest BCUT2D eigenvalue weighted by Crippen LogP contribution is 2.13. The summed E-state index contributed by atoms with van der Waals surface area (Å²) < 4.78 is 17.9. The van der Waals surface area contributed by atoms with Crippen LogP contribution >= 0.6 is 0 Å². The Morgan fingerprint density at radius 1 is 1.42 bits per heavy atom. The van der Waals surface area contributed by atoms with E-state index in [0.717, 1.165) is 12.0 Å². The number of nitrogens with one attached hydrogen (secondary N) is 2. The molecule has 0 spiro atoms. The van der Waals surface area contributed by atoms with Gasteiger partial charge in [0, 0.05) is 5.56 Å². The first-order valence-electron chi connectivity index (χ1n) is 5.89. The van der Waals surface area contributed by atoms with Gasteiger partial charge in [0.15, 0.2) is 6.61 Å². The lowest BCUT2D eigenvalue weighted by Gasteiger charge is -2.07. The van der Waals surface area contributed by atoms with E-state index in [0.29, 0.717) is 11.6 Å². The molecule has 0 aliphatic heterocycles. The summed E-state index contributed by atoms with van der Waals surface area (Å²) in [6.07, 6.45) is 2.43. The number of amides is 1. The number of carbonyl (C=O) groups is 1. The molecule has 1 aromatic heterocycles. The van der Waals surface area contributed by atoms with Crippen LogP contribution in [0.15, 0.2) is 30.5 Å². The van der Waals surface area contributed by atoms with E-state index in [1.54, 1.807) is 6.20 Å². The first-order valence-corrected chi connectivity index (χ1v) is 5.89. The van der Waals surface area contributed by atoms with E-state index >= 15 is 0 Å². The monoisotopic (exact) mass is 263 g/mol. The van der Waals surface area contributed by atoms with Crippen LogP contribution in [0.2, 0.25) is 0 Å². The van der Waals surface area contributed by atoms with E-state index in [2.05, 4.69) is 15.5 Å². The molecular formula is C13H14FN3O2. The molecule has 1 heterocycles. The number of aryl methyl sites for hydroxylation is 1. The second-order valence-electron chi connectivity index (χ2n) is 3.91. The maximum atomic E-state index is 12.7. The van der Waals surface area contributed by atoms with Crippen molar-refractivity contribution in [2.75, 3.05) is 11.9 Å². The second-order valence-corrected chi connectivity index (χ2v) is 3.91. The summed E-state index contributed by atoms with van der Waals surface area (Å²) in [5.74, 6) is 0.372. The van der Waals surface area contributed by atoms with Gasteiger partial charge in [-0.3, -0.25) is 9.89 Å². The fraction of sp³-hybridized carbons (Fsp3) is 0.231. The van der Waals surface area contributed by atoms with Crippen molar-refractivity contribution in [3.8, 4) is 5.75 Å². The maximum absolute atomic E-state index is 12.7. The minimum absolute atomic E-state index is 0.145. The van der Waals surface area contributed by atoms with Crippen LogP contribution < -0.4 is 10.1 Å². The van der Waals surface area contributed by atoms with E-state index in [1.807, 2.05) is 6.92 Å². The lowest BCUT2D eigenvalue weighted by atomic mass is 10.2. The number of aromatic nitrogens is 2. The number of ether oxygens (including phenoxy) is 1. The zero-order chi connectivity index (χ0) is 13.7. The smallest absolute Gasteiger partial charge is 0.263 e. The number of halogens is 1. The van der Waals surface area contributed by atoms with Gasteiger partial charge in [-0.1, -0.05) is 6.92 Å². The van der Waals surface area contributed by atoms with Crippen molar-refractivity contribution in [1.82, 2.24) is 10.2 Å². The van der Waals surface area contributed by atoms with E-state index in [4.69, 9.17) is 4.74 Å². The van der Waals surface area contributed by atoms with E-state index in [1.165, 1.54) is 24.3 Å². The van der Waals surface area contributed by atoms with Crippen molar-refractivity contribution >= 4 is 11.7 Å². The van der Waals surface area contributed by atoms with E-state index in [-0.39, 0.29) is 18.3 Å². The van der Waals surface area contributed by atoms with Gasteiger partial charge in [0.25, 0.3) is 5.91 Å². The number of nitrogens with zero attached hydrogens (tertiary/aromatic N) is 1. The number of H-pyrrole nitrogens is 1. The Bertz CT molecular complexity index is 551. The van der Waals surface area contributed by atoms with Crippen molar-refractivity contribution in [3.05, 3.63) is 41.8 Å². The van der Waals surface area contributed by atoms with Crippen LogP contribution in [0.5, 0.6) is 5.75 Å². The summed E-state index contributed by atoms with van der Waals surface area (Å²) in [6.45, 7) is 1.82. The van der Waals surface area contributed by atoms with Crippen molar-refractivity contribution in [1.29, 1.82) is 0 Å². The number of carbonyl (C=O) groups excluding carboxylic acids is 1. The lowest BCUT2D eigenvalue weighted by Crippen LogP contribution is -2.21. The number of rotatable bonds is 5. The largest absolute Gasteiger partial charge is 0.484 e. The standard InChI is InChI=1S/C13H14FN3O2/c1-2-9-7-15-17-13(9)16-12(18)8-19-11-5-3-10(14)4-6-11/h3-7H,2,8H2,1H3,(H2,15,16,17,18). The molecule has 0 radical (unpaired) electrons. The third kappa shape index (κ3) is 3.54. The molecule has 2 rings (SSSR count). The summed E-state index contributed by atoms with van der Waals surface area (Å²) in [6, 6.07) is 5.49. The Morgan fingerprint density at radius 3 is 2.84 bits per heavy atom. The topological polar surface area (TPSA) is 67.0 Å². The van der Waals surface area contributed by atoms with Gasteiger partial charge in [-0.25, -0.2) is 4.39 Å². The van der Waals surface area contributed by atoms with Crippen molar-refractivity contribution < 1.29 is 13.9 Å². The number of benzene rings is 1. The highest BCUT2D eigenvalue weighted by molar-refractivity contribution is 5.91. The molecular weight excluding hydrogens is 249 g/mol. The number of hydrogen-bond acceptors (Lipinski definition) is 3. The Kier molecular flexibility index (Phi) is 4.12. The Morgan fingerprint density at radius 2 is 2.16 bits per heavy atom. The second kappa shape index (κ2) is 5.99. The fourth-order valence-electron chi connectivity index (χ4n) is 1.54. The van der Waals surface area contributed by atoms with Crippen LogP contribution in [0.4, 0.5) is 10.2 Å². The summed E-state index contributed by atoms with van der Waals surface area (Å²) in [7, 11) is 0. The van der Waals surface area contributed by atoms with Crippen LogP contribution in [0.25, 0.3) is 0 Å². The van der Waals surface area contributed by atoms with Crippen LogP contribution in [0, 0.1) is 5.82 Å². The molecule has 100 valence electrons.